The van der Waals surface area contributed by atoms with Crippen molar-refractivity contribution in [2.24, 2.45) is 0 Å². The maximum absolute atomic E-state index is 5.42. The molecule has 4 heterocycles. The number of hydrogen-bond donors (Lipinski definition) is 2. The molecular weight excluding hydrogens is 414 g/mol. The van der Waals surface area contributed by atoms with E-state index in [0.29, 0.717) is 5.92 Å². The van der Waals surface area contributed by atoms with Gasteiger partial charge in [0.2, 0.25) is 11.9 Å². The summed E-state index contributed by atoms with van der Waals surface area (Å²) < 4.78 is 7.28. The van der Waals surface area contributed by atoms with Gasteiger partial charge in [0, 0.05) is 17.6 Å². The molecule has 3 aromatic rings. The van der Waals surface area contributed by atoms with Crippen LogP contribution in [0.1, 0.15) is 69.5 Å². The number of methoxy groups -OCH3 is 1. The third-order valence-electron chi connectivity index (χ3n) is 7.32. The van der Waals surface area contributed by atoms with E-state index in [0.717, 1.165) is 66.9 Å². The van der Waals surface area contributed by atoms with Gasteiger partial charge in [-0.3, -0.25) is 0 Å². The van der Waals surface area contributed by atoms with Crippen LogP contribution in [0.15, 0.2) is 30.5 Å². The van der Waals surface area contributed by atoms with Gasteiger partial charge >= 0.3 is 0 Å². The molecule has 1 atom stereocenters. The molecule has 0 bridgehead atoms. The standard InChI is InChI=1S/C25H35N7O/c1-17(2)21-16-27-32-22(21)29-23(31-14-6-9-25(31)10-12-26-13-11-25)30-24(32)28-18(3)19-7-5-8-20(15-19)33-4/h5,7-8,15-18,26H,6,9-14H2,1-4H3,(H,28,29,30). The molecule has 1 spiro atoms. The monoisotopic (exact) mass is 449 g/mol. The first-order chi connectivity index (χ1) is 16.0. The molecule has 0 saturated carbocycles. The SMILES string of the molecule is COc1cccc(C(C)Nc2nc(N3CCCC34CCNCC4)nc3c(C(C)C)cnn23)c1. The van der Waals surface area contributed by atoms with Crippen LogP contribution in [0.2, 0.25) is 0 Å². The summed E-state index contributed by atoms with van der Waals surface area (Å²) in [7, 11) is 1.70. The maximum Gasteiger partial charge on any atom is 0.231 e. The molecule has 2 aliphatic rings. The number of nitrogens with zero attached hydrogens (tertiary/aromatic N) is 5. The van der Waals surface area contributed by atoms with Crippen molar-refractivity contribution in [1.29, 1.82) is 0 Å². The van der Waals surface area contributed by atoms with Crippen LogP contribution in [-0.2, 0) is 0 Å². The summed E-state index contributed by atoms with van der Waals surface area (Å²) in [5.41, 5.74) is 3.34. The van der Waals surface area contributed by atoms with E-state index in [4.69, 9.17) is 14.7 Å². The van der Waals surface area contributed by atoms with E-state index in [2.05, 4.69) is 53.5 Å². The number of anilines is 2. The molecule has 8 heteroatoms. The number of ether oxygens (including phenoxy) is 1. The zero-order valence-electron chi connectivity index (χ0n) is 20.1. The number of aromatic nitrogens is 4. The maximum atomic E-state index is 5.42. The topological polar surface area (TPSA) is 79.6 Å². The number of piperidine rings is 1. The Morgan fingerprint density at radius 3 is 2.70 bits per heavy atom. The summed E-state index contributed by atoms with van der Waals surface area (Å²) in [6.45, 7) is 9.64. The third-order valence-corrected chi connectivity index (χ3v) is 7.32. The van der Waals surface area contributed by atoms with Gasteiger partial charge in [-0.05, 0) is 69.3 Å². The van der Waals surface area contributed by atoms with Crippen molar-refractivity contribution in [1.82, 2.24) is 24.9 Å². The highest BCUT2D eigenvalue weighted by Crippen LogP contribution is 2.39. The van der Waals surface area contributed by atoms with Crippen LogP contribution in [0, 0.1) is 0 Å². The molecule has 8 nitrogen and oxygen atoms in total. The van der Waals surface area contributed by atoms with Gasteiger partial charge in [-0.1, -0.05) is 26.0 Å². The second-order valence-electron chi connectivity index (χ2n) is 9.71. The van der Waals surface area contributed by atoms with E-state index < -0.39 is 0 Å². The van der Waals surface area contributed by atoms with Crippen LogP contribution in [0.4, 0.5) is 11.9 Å². The molecule has 1 aromatic carbocycles. The first-order valence-electron chi connectivity index (χ1n) is 12.2. The van der Waals surface area contributed by atoms with E-state index in [1.807, 2.05) is 22.8 Å². The molecule has 1 unspecified atom stereocenters. The van der Waals surface area contributed by atoms with Gasteiger partial charge in [0.15, 0.2) is 5.65 Å². The molecule has 0 radical (unpaired) electrons. The van der Waals surface area contributed by atoms with Crippen LogP contribution >= 0.6 is 0 Å². The van der Waals surface area contributed by atoms with Crippen LogP contribution in [-0.4, -0.2) is 51.9 Å². The second-order valence-corrected chi connectivity index (χ2v) is 9.71. The lowest BCUT2D eigenvalue weighted by Crippen LogP contribution is -2.51. The molecular formula is C25H35N7O. The lowest BCUT2D eigenvalue weighted by atomic mass is 9.86. The van der Waals surface area contributed by atoms with Crippen molar-refractivity contribution >= 4 is 17.5 Å². The zero-order chi connectivity index (χ0) is 23.0. The Balaban J connectivity index is 1.56. The van der Waals surface area contributed by atoms with Crippen LogP contribution < -0.4 is 20.3 Å². The van der Waals surface area contributed by atoms with E-state index in [1.54, 1.807) is 7.11 Å². The fraction of sp³-hybridized carbons (Fsp3) is 0.560. The minimum absolute atomic E-state index is 0.0316. The van der Waals surface area contributed by atoms with Gasteiger partial charge < -0.3 is 20.3 Å². The van der Waals surface area contributed by atoms with Crippen LogP contribution in [0.5, 0.6) is 5.75 Å². The average Bonchev–Trinajstić information content (AvgIpc) is 3.44. The van der Waals surface area contributed by atoms with Crippen molar-refractivity contribution in [3.63, 3.8) is 0 Å². The Kier molecular flexibility index (Phi) is 5.86. The molecule has 2 N–H and O–H groups in total. The van der Waals surface area contributed by atoms with Crippen molar-refractivity contribution in [2.45, 2.75) is 64.0 Å². The summed E-state index contributed by atoms with van der Waals surface area (Å²) in [5, 5.41) is 11.8. The summed E-state index contributed by atoms with van der Waals surface area (Å²) in [4.78, 5) is 12.6. The highest BCUT2D eigenvalue weighted by molar-refractivity contribution is 5.57. The molecule has 33 heavy (non-hydrogen) atoms. The lowest BCUT2D eigenvalue weighted by molar-refractivity contribution is 0.308. The molecule has 2 fully saturated rings. The number of fused-ring (bicyclic) bond motifs is 1. The fourth-order valence-electron chi connectivity index (χ4n) is 5.36. The quantitative estimate of drug-likeness (QED) is 0.585. The van der Waals surface area contributed by atoms with Crippen molar-refractivity contribution < 1.29 is 4.74 Å². The Hall–Kier alpha value is -2.87. The van der Waals surface area contributed by atoms with Gasteiger partial charge in [0.1, 0.15) is 5.75 Å². The third kappa shape index (κ3) is 4.01. The number of benzene rings is 1. The number of hydrogen-bond acceptors (Lipinski definition) is 7. The molecule has 2 saturated heterocycles. The molecule has 0 amide bonds. The summed E-state index contributed by atoms with van der Waals surface area (Å²) in [5.74, 6) is 2.74. The van der Waals surface area contributed by atoms with Gasteiger partial charge in [-0.25, -0.2) is 0 Å². The zero-order valence-corrected chi connectivity index (χ0v) is 20.1. The van der Waals surface area contributed by atoms with Gasteiger partial charge in [-0.15, -0.1) is 0 Å². The Bertz CT molecular complexity index is 1120. The van der Waals surface area contributed by atoms with Gasteiger partial charge in [0.25, 0.3) is 0 Å². The predicted molar refractivity (Wildman–Crippen MR) is 131 cm³/mol. The van der Waals surface area contributed by atoms with Crippen molar-refractivity contribution in [3.8, 4) is 5.75 Å². The lowest BCUT2D eigenvalue weighted by Gasteiger charge is -2.42. The van der Waals surface area contributed by atoms with Crippen molar-refractivity contribution in [2.75, 3.05) is 37.0 Å². The molecule has 5 rings (SSSR count). The minimum atomic E-state index is 0.0316. The molecule has 176 valence electrons. The molecule has 2 aliphatic heterocycles. The molecule has 2 aromatic heterocycles. The average molecular weight is 450 g/mol. The van der Waals surface area contributed by atoms with E-state index in [9.17, 15) is 0 Å². The van der Waals surface area contributed by atoms with Crippen molar-refractivity contribution in [3.05, 3.63) is 41.6 Å². The van der Waals surface area contributed by atoms with Gasteiger partial charge in [-0.2, -0.15) is 19.6 Å². The first-order valence-corrected chi connectivity index (χ1v) is 12.2. The normalized spacial score (nSPS) is 18.9. The number of nitrogens with one attached hydrogen (secondary N) is 2. The smallest absolute Gasteiger partial charge is 0.231 e. The summed E-state index contributed by atoms with van der Waals surface area (Å²) >= 11 is 0. The Morgan fingerprint density at radius 2 is 1.94 bits per heavy atom. The Morgan fingerprint density at radius 1 is 1.12 bits per heavy atom. The molecule has 0 aliphatic carbocycles. The Labute approximate surface area is 195 Å². The highest BCUT2D eigenvalue weighted by Gasteiger charge is 2.43. The highest BCUT2D eigenvalue weighted by atomic mass is 16.5. The second kappa shape index (κ2) is 8.82. The van der Waals surface area contributed by atoms with Gasteiger partial charge in [0.05, 0.1) is 19.3 Å². The van der Waals surface area contributed by atoms with Crippen LogP contribution in [0.25, 0.3) is 5.65 Å². The van der Waals surface area contributed by atoms with E-state index in [-0.39, 0.29) is 11.6 Å². The minimum Gasteiger partial charge on any atom is -0.497 e. The predicted octanol–water partition coefficient (Wildman–Crippen LogP) is 4.15. The first kappa shape index (κ1) is 21.9. The van der Waals surface area contributed by atoms with E-state index >= 15 is 0 Å². The summed E-state index contributed by atoms with van der Waals surface area (Å²) in [6, 6.07) is 8.18. The van der Waals surface area contributed by atoms with E-state index in [1.165, 1.54) is 12.8 Å². The fourth-order valence-corrected chi connectivity index (χ4v) is 5.36. The summed E-state index contributed by atoms with van der Waals surface area (Å²) in [6.07, 6.45) is 6.61. The largest absolute Gasteiger partial charge is 0.497 e. The number of rotatable bonds is 6. The van der Waals surface area contributed by atoms with Crippen LogP contribution in [0.3, 0.4) is 0 Å².